The highest BCUT2D eigenvalue weighted by atomic mass is 79.9. The van der Waals surface area contributed by atoms with E-state index in [-0.39, 0.29) is 5.91 Å². The van der Waals surface area contributed by atoms with Crippen molar-refractivity contribution in [2.75, 3.05) is 5.32 Å². The predicted molar refractivity (Wildman–Crippen MR) is 109 cm³/mol. The smallest absolute Gasteiger partial charge is 0.256 e. The Morgan fingerprint density at radius 1 is 1.08 bits per heavy atom. The lowest BCUT2D eigenvalue weighted by molar-refractivity contribution is -0.110. The Balaban J connectivity index is 1.83. The van der Waals surface area contributed by atoms with Gasteiger partial charge in [-0.15, -0.1) is 0 Å². The van der Waals surface area contributed by atoms with Crippen LogP contribution in [0, 0.1) is 0 Å². The Kier molecular flexibility index (Phi) is 4.31. The van der Waals surface area contributed by atoms with Crippen molar-refractivity contribution in [3.05, 3.63) is 80.0 Å². The number of hydrogen-bond donors (Lipinski definition) is 1. The molecule has 0 radical (unpaired) electrons. The monoisotopic (exact) mass is 476 g/mol. The molecule has 0 unspecified atom stereocenters. The van der Waals surface area contributed by atoms with Gasteiger partial charge in [0.05, 0.1) is 11.3 Å². The van der Waals surface area contributed by atoms with Gasteiger partial charge in [-0.05, 0) is 70.5 Å². The molecule has 2 aromatic carbocycles. The number of halogens is 3. The number of aromatic nitrogens is 1. The molecule has 1 aromatic heterocycles. The fourth-order valence-corrected chi connectivity index (χ4v) is 4.31. The number of anilines is 1. The molecule has 0 atom stereocenters. The summed E-state index contributed by atoms with van der Waals surface area (Å²) in [5.41, 5.74) is 4.19. The molecule has 2 heterocycles. The van der Waals surface area contributed by atoms with Crippen molar-refractivity contribution in [3.8, 4) is 5.69 Å². The fourth-order valence-electron chi connectivity index (χ4n) is 2.86. The van der Waals surface area contributed by atoms with Crippen molar-refractivity contribution < 1.29 is 4.79 Å². The molecule has 0 aliphatic carbocycles. The Labute approximate surface area is 166 Å². The molecular formula is C19H11Br2ClN2O. The molecule has 4 rings (SSSR count). The number of nitrogens with zero attached hydrogens (tertiary/aromatic N) is 1. The quantitative estimate of drug-likeness (QED) is 0.441. The van der Waals surface area contributed by atoms with Crippen molar-refractivity contribution in [2.45, 2.75) is 0 Å². The highest BCUT2D eigenvalue weighted by molar-refractivity contribution is 9.11. The summed E-state index contributed by atoms with van der Waals surface area (Å²) in [6, 6.07) is 15.4. The Morgan fingerprint density at radius 3 is 2.60 bits per heavy atom. The minimum Gasteiger partial charge on any atom is -0.320 e. The van der Waals surface area contributed by atoms with E-state index in [4.69, 9.17) is 11.6 Å². The molecule has 0 saturated carbocycles. The molecule has 3 aromatic rings. The van der Waals surface area contributed by atoms with Crippen LogP contribution in [0.1, 0.15) is 11.3 Å². The van der Waals surface area contributed by atoms with Crippen molar-refractivity contribution in [3.63, 3.8) is 0 Å². The molecule has 1 aliphatic heterocycles. The second-order valence-electron chi connectivity index (χ2n) is 5.60. The maximum absolute atomic E-state index is 12.5. The van der Waals surface area contributed by atoms with Crippen LogP contribution in [-0.2, 0) is 4.79 Å². The number of carbonyl (C=O) groups is 1. The van der Waals surface area contributed by atoms with Gasteiger partial charge in [-0.3, -0.25) is 4.79 Å². The second kappa shape index (κ2) is 6.48. The molecule has 3 nitrogen and oxygen atoms in total. The number of hydrogen-bond acceptors (Lipinski definition) is 1. The van der Waals surface area contributed by atoms with Crippen LogP contribution in [0.5, 0.6) is 0 Å². The normalized spacial score (nSPS) is 14.7. The summed E-state index contributed by atoms with van der Waals surface area (Å²) in [4.78, 5) is 12.5. The van der Waals surface area contributed by atoms with Crippen LogP contribution in [0.15, 0.2) is 63.7 Å². The first kappa shape index (κ1) is 16.6. The molecule has 0 fully saturated rings. The molecule has 25 heavy (non-hydrogen) atoms. The van der Waals surface area contributed by atoms with Gasteiger partial charge in [0.1, 0.15) is 0 Å². The van der Waals surface area contributed by atoms with Gasteiger partial charge in [0.25, 0.3) is 5.91 Å². The van der Waals surface area contributed by atoms with Gasteiger partial charge in [0.2, 0.25) is 0 Å². The lowest BCUT2D eigenvalue weighted by Crippen LogP contribution is -2.04. The van der Waals surface area contributed by atoms with Gasteiger partial charge in [0, 0.05) is 37.1 Å². The van der Waals surface area contributed by atoms with E-state index in [0.717, 1.165) is 31.6 Å². The Hall–Kier alpha value is -1.82. The number of carbonyl (C=O) groups excluding carboxylic acids is 1. The fraction of sp³-hybridized carbons (Fsp3) is 0. The van der Waals surface area contributed by atoms with E-state index in [1.807, 2.05) is 65.4 Å². The van der Waals surface area contributed by atoms with E-state index < -0.39 is 0 Å². The number of fused-ring (bicyclic) bond motifs is 1. The van der Waals surface area contributed by atoms with Gasteiger partial charge in [-0.2, -0.15) is 0 Å². The minimum absolute atomic E-state index is 0.113. The van der Waals surface area contributed by atoms with E-state index in [1.165, 1.54) is 0 Å². The summed E-state index contributed by atoms with van der Waals surface area (Å²) in [6.45, 7) is 0. The van der Waals surface area contributed by atoms with Crippen molar-refractivity contribution in [1.82, 2.24) is 4.57 Å². The second-order valence-corrected chi connectivity index (χ2v) is 7.81. The highest BCUT2D eigenvalue weighted by Crippen LogP contribution is 2.40. The third kappa shape index (κ3) is 3.08. The van der Waals surface area contributed by atoms with E-state index in [0.29, 0.717) is 10.6 Å². The van der Waals surface area contributed by atoms with Crippen molar-refractivity contribution in [1.29, 1.82) is 0 Å². The summed E-state index contributed by atoms with van der Waals surface area (Å²) in [6.07, 6.45) is 3.86. The lowest BCUT2D eigenvalue weighted by Gasteiger charge is -2.07. The van der Waals surface area contributed by atoms with Gasteiger partial charge in [-0.1, -0.05) is 27.5 Å². The largest absolute Gasteiger partial charge is 0.320 e. The first-order valence-corrected chi connectivity index (χ1v) is 9.45. The molecule has 1 N–H and O–H groups in total. The standard InChI is InChI=1S/C19H11Br2ClN2O/c20-11-8-15-16(19(25)23-18(15)17(21)9-11)10-14-2-1-7-24(14)13-5-3-12(22)4-6-13/h1-10H,(H,23,25). The molecule has 1 aliphatic rings. The van der Waals surface area contributed by atoms with Gasteiger partial charge >= 0.3 is 0 Å². The van der Waals surface area contributed by atoms with Crippen LogP contribution in [0.25, 0.3) is 17.3 Å². The summed E-state index contributed by atoms with van der Waals surface area (Å²) >= 11 is 13.0. The number of amides is 1. The molecule has 0 bridgehead atoms. The van der Waals surface area contributed by atoms with E-state index in [9.17, 15) is 4.79 Å². The highest BCUT2D eigenvalue weighted by Gasteiger charge is 2.26. The Morgan fingerprint density at radius 2 is 1.84 bits per heavy atom. The van der Waals surface area contributed by atoms with Crippen LogP contribution in [0.4, 0.5) is 5.69 Å². The zero-order valence-corrected chi connectivity index (χ0v) is 16.7. The first-order valence-electron chi connectivity index (χ1n) is 7.49. The zero-order chi connectivity index (χ0) is 17.6. The van der Waals surface area contributed by atoms with E-state index in [1.54, 1.807) is 0 Å². The molecular weight excluding hydrogens is 467 g/mol. The number of benzene rings is 2. The predicted octanol–water partition coefficient (Wildman–Crippen LogP) is 6.15. The lowest BCUT2D eigenvalue weighted by atomic mass is 10.1. The molecule has 0 saturated heterocycles. The molecule has 1 amide bonds. The number of nitrogens with one attached hydrogen (secondary N) is 1. The summed E-state index contributed by atoms with van der Waals surface area (Å²) in [5.74, 6) is -0.113. The average Bonchev–Trinajstić information content (AvgIpc) is 3.15. The first-order chi connectivity index (χ1) is 12.0. The maximum atomic E-state index is 12.5. The third-order valence-electron chi connectivity index (χ3n) is 4.01. The molecule has 0 spiro atoms. The third-order valence-corrected chi connectivity index (χ3v) is 5.34. The topological polar surface area (TPSA) is 34.0 Å². The maximum Gasteiger partial charge on any atom is 0.256 e. The SMILES string of the molecule is O=C1Nc2c(Br)cc(Br)cc2C1=Cc1cccn1-c1ccc(Cl)cc1. The summed E-state index contributed by atoms with van der Waals surface area (Å²) in [5, 5.41) is 3.61. The van der Waals surface area contributed by atoms with Crippen molar-refractivity contribution in [2.24, 2.45) is 0 Å². The minimum atomic E-state index is -0.113. The van der Waals surface area contributed by atoms with Gasteiger partial charge in [-0.25, -0.2) is 0 Å². The average molecular weight is 479 g/mol. The van der Waals surface area contributed by atoms with E-state index >= 15 is 0 Å². The van der Waals surface area contributed by atoms with Crippen LogP contribution in [-0.4, -0.2) is 10.5 Å². The van der Waals surface area contributed by atoms with Crippen molar-refractivity contribution >= 4 is 66.7 Å². The summed E-state index contributed by atoms with van der Waals surface area (Å²) < 4.78 is 3.78. The van der Waals surface area contributed by atoms with Gasteiger partial charge < -0.3 is 9.88 Å². The van der Waals surface area contributed by atoms with Crippen LogP contribution in [0.3, 0.4) is 0 Å². The van der Waals surface area contributed by atoms with E-state index in [2.05, 4.69) is 37.2 Å². The zero-order valence-electron chi connectivity index (χ0n) is 12.8. The summed E-state index contributed by atoms with van der Waals surface area (Å²) in [7, 11) is 0. The van der Waals surface area contributed by atoms with Gasteiger partial charge in [0.15, 0.2) is 0 Å². The van der Waals surface area contributed by atoms with Crippen LogP contribution >= 0.6 is 43.5 Å². The number of rotatable bonds is 2. The van der Waals surface area contributed by atoms with Crippen LogP contribution in [0.2, 0.25) is 5.02 Å². The Bertz CT molecular complexity index is 1020. The van der Waals surface area contributed by atoms with Crippen LogP contribution < -0.4 is 5.32 Å². The molecule has 6 heteroatoms. The molecule has 124 valence electrons.